The van der Waals surface area contributed by atoms with Gasteiger partial charge < -0.3 is 19.3 Å². The second kappa shape index (κ2) is 8.67. The molecule has 0 spiro atoms. The highest BCUT2D eigenvalue weighted by molar-refractivity contribution is 5.68. The number of carboxylic acid groups (broad SMARTS) is 1. The van der Waals surface area contributed by atoms with Gasteiger partial charge in [0, 0.05) is 34.7 Å². The van der Waals surface area contributed by atoms with Gasteiger partial charge in [-0.3, -0.25) is 4.79 Å². The quantitative estimate of drug-likeness (QED) is 0.509. The molecule has 1 N–H and O–H groups in total. The number of fused-ring (bicyclic) bond motifs is 2. The molecule has 3 aromatic carbocycles. The summed E-state index contributed by atoms with van der Waals surface area (Å²) in [5, 5.41) is 18.1. The first kappa shape index (κ1) is 21.7. The maximum atomic E-state index is 14.8. The van der Waals surface area contributed by atoms with Crippen molar-refractivity contribution in [1.29, 1.82) is 5.26 Å². The summed E-state index contributed by atoms with van der Waals surface area (Å²) in [6.07, 6.45) is 0.361. The highest BCUT2D eigenvalue weighted by Gasteiger charge is 2.32. The molecule has 0 saturated heterocycles. The van der Waals surface area contributed by atoms with E-state index < -0.39 is 23.7 Å². The van der Waals surface area contributed by atoms with Gasteiger partial charge in [-0.1, -0.05) is 6.07 Å². The number of hydrogen-bond donors (Lipinski definition) is 1. The van der Waals surface area contributed by atoms with Gasteiger partial charge in [0.1, 0.15) is 29.2 Å². The van der Waals surface area contributed by atoms with E-state index in [4.69, 9.17) is 24.6 Å². The Morgan fingerprint density at radius 1 is 1.12 bits per heavy atom. The van der Waals surface area contributed by atoms with Crippen LogP contribution in [-0.4, -0.2) is 17.7 Å². The summed E-state index contributed by atoms with van der Waals surface area (Å²) >= 11 is 0. The van der Waals surface area contributed by atoms with E-state index in [1.807, 2.05) is 6.07 Å². The second-order valence-electron chi connectivity index (χ2n) is 8.25. The first-order chi connectivity index (χ1) is 16.4. The van der Waals surface area contributed by atoms with Crippen LogP contribution < -0.4 is 14.2 Å². The fourth-order valence-electron chi connectivity index (χ4n) is 4.50. The van der Waals surface area contributed by atoms with Gasteiger partial charge in [0.25, 0.3) is 0 Å². The number of ether oxygens (including phenoxy) is 3. The Morgan fingerprint density at radius 2 is 1.94 bits per heavy atom. The van der Waals surface area contributed by atoms with E-state index in [9.17, 15) is 13.6 Å². The van der Waals surface area contributed by atoms with Gasteiger partial charge in [-0.25, -0.2) is 8.78 Å². The molecule has 1 heterocycles. The van der Waals surface area contributed by atoms with Crippen LogP contribution in [0.5, 0.6) is 23.0 Å². The number of rotatable bonds is 6. The lowest BCUT2D eigenvalue weighted by Crippen LogP contribution is -2.07. The SMILES string of the molecule is N#Cc1ccc(F)c(Oc2ccc(F)c3c2CC[C@H]3Oc2ccc3c(c2)OCC3CC(=O)O)c1. The molecule has 0 aromatic heterocycles. The van der Waals surface area contributed by atoms with E-state index in [0.717, 1.165) is 11.6 Å². The van der Waals surface area contributed by atoms with Crippen molar-refractivity contribution in [2.24, 2.45) is 0 Å². The summed E-state index contributed by atoms with van der Waals surface area (Å²) in [7, 11) is 0. The number of nitriles is 1. The van der Waals surface area contributed by atoms with Crippen molar-refractivity contribution >= 4 is 5.97 Å². The minimum atomic E-state index is -0.892. The molecule has 1 aliphatic carbocycles. The van der Waals surface area contributed by atoms with Crippen molar-refractivity contribution in [1.82, 2.24) is 0 Å². The average Bonchev–Trinajstić information content (AvgIpc) is 3.41. The highest BCUT2D eigenvalue weighted by Crippen LogP contribution is 2.44. The third-order valence-corrected chi connectivity index (χ3v) is 6.08. The lowest BCUT2D eigenvalue weighted by molar-refractivity contribution is -0.137. The highest BCUT2D eigenvalue weighted by atomic mass is 19.1. The first-order valence-electron chi connectivity index (χ1n) is 10.8. The summed E-state index contributed by atoms with van der Waals surface area (Å²) in [6, 6.07) is 13.6. The zero-order valence-electron chi connectivity index (χ0n) is 17.9. The molecule has 0 saturated carbocycles. The lowest BCUT2D eigenvalue weighted by atomic mass is 9.98. The summed E-state index contributed by atoms with van der Waals surface area (Å²) < 4.78 is 46.5. The number of aliphatic carboxylic acids is 1. The van der Waals surface area contributed by atoms with Gasteiger partial charge in [-0.15, -0.1) is 0 Å². The van der Waals surface area contributed by atoms with Crippen LogP contribution in [0.15, 0.2) is 48.5 Å². The molecule has 172 valence electrons. The Bertz CT molecular complexity index is 1330. The van der Waals surface area contributed by atoms with Gasteiger partial charge in [-0.05, 0) is 43.2 Å². The van der Waals surface area contributed by atoms with E-state index >= 15 is 0 Å². The van der Waals surface area contributed by atoms with Crippen LogP contribution in [0.4, 0.5) is 8.78 Å². The van der Waals surface area contributed by atoms with Crippen LogP contribution in [0.3, 0.4) is 0 Å². The Kier molecular flexibility index (Phi) is 5.54. The molecule has 5 rings (SSSR count). The van der Waals surface area contributed by atoms with Crippen LogP contribution in [0.1, 0.15) is 47.1 Å². The van der Waals surface area contributed by atoms with E-state index in [-0.39, 0.29) is 30.3 Å². The van der Waals surface area contributed by atoms with Gasteiger partial charge in [0.05, 0.1) is 24.7 Å². The van der Waals surface area contributed by atoms with Crippen LogP contribution in [0, 0.1) is 23.0 Å². The first-order valence-corrected chi connectivity index (χ1v) is 10.8. The standard InChI is InChI=1S/C26H19F2NO5/c27-19-5-1-14(12-29)9-24(19)34-21-8-6-20(28)26-18(21)4-7-22(26)33-16-2-3-17-15(10-25(30)31)13-32-23(17)11-16/h1-3,5-6,8-9,11,15,22H,4,7,10,13H2,(H,30,31)/t15?,22-/m1/s1. The molecule has 6 nitrogen and oxygen atoms in total. The lowest BCUT2D eigenvalue weighted by Gasteiger charge is -2.17. The molecule has 2 aliphatic rings. The molecule has 34 heavy (non-hydrogen) atoms. The largest absolute Gasteiger partial charge is 0.492 e. The Morgan fingerprint density at radius 3 is 2.74 bits per heavy atom. The summed E-state index contributed by atoms with van der Waals surface area (Å²) in [6.45, 7) is 0.288. The van der Waals surface area contributed by atoms with Gasteiger partial charge in [-0.2, -0.15) is 5.26 Å². The number of hydrogen-bond acceptors (Lipinski definition) is 5. The molecule has 1 aliphatic heterocycles. The van der Waals surface area contributed by atoms with Crippen molar-refractivity contribution in [2.75, 3.05) is 6.61 Å². The van der Waals surface area contributed by atoms with Crippen LogP contribution >= 0.6 is 0 Å². The van der Waals surface area contributed by atoms with E-state index in [0.29, 0.717) is 41.2 Å². The number of carbonyl (C=O) groups is 1. The number of benzene rings is 3. The van der Waals surface area contributed by atoms with Crippen LogP contribution in [-0.2, 0) is 11.2 Å². The van der Waals surface area contributed by atoms with Crippen molar-refractivity contribution in [2.45, 2.75) is 31.3 Å². The molecular formula is C26H19F2NO5. The van der Waals surface area contributed by atoms with E-state index in [1.54, 1.807) is 18.2 Å². The fourth-order valence-corrected chi connectivity index (χ4v) is 4.50. The molecule has 0 radical (unpaired) electrons. The molecule has 3 aromatic rings. The van der Waals surface area contributed by atoms with Crippen molar-refractivity contribution in [3.8, 4) is 29.1 Å². The van der Waals surface area contributed by atoms with Crippen molar-refractivity contribution in [3.63, 3.8) is 0 Å². The van der Waals surface area contributed by atoms with Gasteiger partial charge >= 0.3 is 5.97 Å². The maximum absolute atomic E-state index is 14.8. The number of carboxylic acids is 1. The predicted octanol–water partition coefficient (Wildman–Crippen LogP) is 5.65. The third kappa shape index (κ3) is 4.01. The zero-order valence-corrected chi connectivity index (χ0v) is 17.9. The smallest absolute Gasteiger partial charge is 0.304 e. The van der Waals surface area contributed by atoms with Crippen molar-refractivity contribution in [3.05, 3.63) is 82.4 Å². The number of halogens is 2. The predicted molar refractivity (Wildman–Crippen MR) is 116 cm³/mol. The third-order valence-electron chi connectivity index (χ3n) is 6.08. The topological polar surface area (TPSA) is 88.8 Å². The maximum Gasteiger partial charge on any atom is 0.304 e. The monoisotopic (exact) mass is 463 g/mol. The van der Waals surface area contributed by atoms with Gasteiger partial charge in [0.2, 0.25) is 0 Å². The summed E-state index contributed by atoms with van der Waals surface area (Å²) in [4.78, 5) is 11.0. The van der Waals surface area contributed by atoms with E-state index in [1.165, 1.54) is 24.3 Å². The Hall–Kier alpha value is -4.12. The molecule has 0 amide bonds. The van der Waals surface area contributed by atoms with Gasteiger partial charge in [0.15, 0.2) is 11.6 Å². The second-order valence-corrected chi connectivity index (χ2v) is 8.25. The number of nitrogens with zero attached hydrogens (tertiary/aromatic N) is 1. The molecule has 8 heteroatoms. The minimum Gasteiger partial charge on any atom is -0.492 e. The summed E-state index contributed by atoms with van der Waals surface area (Å²) in [5.41, 5.74) is 2.00. The Balaban J connectivity index is 1.39. The fraction of sp³-hybridized carbons (Fsp3) is 0.231. The molecule has 1 unspecified atom stereocenters. The zero-order chi connectivity index (χ0) is 23.8. The normalized spacial score (nSPS) is 17.9. The minimum absolute atomic E-state index is 0.0188. The molecule has 0 bridgehead atoms. The molecule has 2 atom stereocenters. The molecular weight excluding hydrogens is 444 g/mol. The van der Waals surface area contributed by atoms with Crippen LogP contribution in [0.2, 0.25) is 0 Å². The molecule has 0 fully saturated rings. The van der Waals surface area contributed by atoms with Crippen molar-refractivity contribution < 1.29 is 32.9 Å². The average molecular weight is 463 g/mol. The summed E-state index contributed by atoms with van der Waals surface area (Å²) in [5.74, 6) is -0.937. The van der Waals surface area contributed by atoms with E-state index in [2.05, 4.69) is 0 Å². The Labute approximate surface area is 193 Å². The van der Waals surface area contributed by atoms with Crippen LogP contribution in [0.25, 0.3) is 0 Å².